The molecule has 0 bridgehead atoms. The molecule has 5 aromatic rings. The van der Waals surface area contributed by atoms with Crippen molar-refractivity contribution in [2.45, 2.75) is 12.8 Å². The number of H-pyrrole nitrogens is 2. The minimum Gasteiger partial charge on any atom is -0.486 e. The molecule has 7 nitrogen and oxygen atoms in total. The van der Waals surface area contributed by atoms with E-state index in [0.29, 0.717) is 31.6 Å². The number of rotatable bonds is 6. The van der Waals surface area contributed by atoms with E-state index in [0.717, 1.165) is 78.2 Å². The number of aromatic amines is 2. The van der Waals surface area contributed by atoms with Crippen molar-refractivity contribution in [3.05, 3.63) is 89.8 Å². The summed E-state index contributed by atoms with van der Waals surface area (Å²) in [5.41, 5.74) is 10.3. The van der Waals surface area contributed by atoms with Gasteiger partial charge >= 0.3 is 0 Å². The molecule has 4 N–H and O–H groups in total. The fourth-order valence-electron chi connectivity index (χ4n) is 5.70. The van der Waals surface area contributed by atoms with Gasteiger partial charge in [-0.1, -0.05) is 12.1 Å². The molecule has 1 fully saturated rings. The highest BCUT2D eigenvalue weighted by Crippen LogP contribution is 2.34. The molecule has 2 aromatic heterocycles. The van der Waals surface area contributed by atoms with Gasteiger partial charge in [0.15, 0.2) is 11.5 Å². The topological polar surface area (TPSA) is 82.5 Å². The van der Waals surface area contributed by atoms with Crippen LogP contribution >= 0.6 is 0 Å². The summed E-state index contributed by atoms with van der Waals surface area (Å²) in [6.45, 7) is 6.66. The van der Waals surface area contributed by atoms with E-state index >= 15 is 0 Å². The number of fused-ring (bicyclic) bond motifs is 3. The third-order valence-corrected chi connectivity index (χ3v) is 7.85. The first kappa shape index (κ1) is 27.1. The van der Waals surface area contributed by atoms with E-state index < -0.39 is 0 Å². The molecular formula is C32H35F2N5O2. The Labute approximate surface area is 237 Å². The van der Waals surface area contributed by atoms with Gasteiger partial charge in [-0.2, -0.15) is 0 Å². The van der Waals surface area contributed by atoms with Crippen molar-refractivity contribution in [3.8, 4) is 11.5 Å². The zero-order valence-corrected chi connectivity index (χ0v) is 23.0. The molecule has 0 atom stereocenters. The third-order valence-electron chi connectivity index (χ3n) is 7.85. The van der Waals surface area contributed by atoms with Crippen LogP contribution in [0.3, 0.4) is 0 Å². The van der Waals surface area contributed by atoms with Gasteiger partial charge in [0.05, 0.1) is 0 Å². The van der Waals surface area contributed by atoms with Gasteiger partial charge in [0.2, 0.25) is 0 Å². The number of hydrogen-bond donors (Lipinski definition) is 3. The lowest BCUT2D eigenvalue weighted by atomic mass is 10.1. The Morgan fingerprint density at radius 1 is 0.732 bits per heavy atom. The molecule has 0 spiro atoms. The van der Waals surface area contributed by atoms with Crippen molar-refractivity contribution in [2.24, 2.45) is 5.73 Å². The molecule has 2 aliphatic heterocycles. The third kappa shape index (κ3) is 5.87. The van der Waals surface area contributed by atoms with Crippen molar-refractivity contribution in [1.82, 2.24) is 14.9 Å². The van der Waals surface area contributed by atoms with E-state index in [9.17, 15) is 8.78 Å². The summed E-state index contributed by atoms with van der Waals surface area (Å²) in [7, 11) is 0. The highest BCUT2D eigenvalue weighted by Gasteiger charge is 2.20. The predicted molar refractivity (Wildman–Crippen MR) is 159 cm³/mol. The lowest BCUT2D eigenvalue weighted by Crippen LogP contribution is -2.47. The second-order valence-corrected chi connectivity index (χ2v) is 10.4. The lowest BCUT2D eigenvalue weighted by molar-refractivity contribution is 0.171. The maximum absolute atomic E-state index is 14.1. The molecule has 0 amide bonds. The Bertz CT molecular complexity index is 1620. The monoisotopic (exact) mass is 559 g/mol. The highest BCUT2D eigenvalue weighted by atomic mass is 19.1. The van der Waals surface area contributed by atoms with Crippen LogP contribution in [0.5, 0.6) is 11.5 Å². The molecule has 3 aromatic carbocycles. The number of anilines is 1. The maximum atomic E-state index is 14.1. The number of hydrogen-bond acceptors (Lipinski definition) is 5. The van der Waals surface area contributed by atoms with Crippen LogP contribution in [0.25, 0.3) is 21.8 Å². The first-order chi connectivity index (χ1) is 20.1. The summed E-state index contributed by atoms with van der Waals surface area (Å²) in [5.74, 6) is 1.35. The average molecular weight is 560 g/mol. The van der Waals surface area contributed by atoms with Crippen LogP contribution in [0.2, 0.25) is 0 Å². The van der Waals surface area contributed by atoms with Crippen molar-refractivity contribution < 1.29 is 18.3 Å². The van der Waals surface area contributed by atoms with Crippen molar-refractivity contribution in [3.63, 3.8) is 0 Å². The van der Waals surface area contributed by atoms with Crippen LogP contribution in [0, 0.1) is 11.6 Å². The Balaban J connectivity index is 0.000000195. The smallest absolute Gasteiger partial charge is 0.163 e. The number of nitrogens with zero attached hydrogens (tertiary/aromatic N) is 2. The number of benzene rings is 3. The SMILES string of the molecule is Fc1cccc2[nH]cc(CCN3CCN(c4ccc5c(c4)OCCO5)CC3)c12.NCCc1c[nH]c2cccc(F)c12. The van der Waals surface area contributed by atoms with E-state index in [2.05, 4.69) is 31.9 Å². The Morgan fingerprint density at radius 2 is 1.34 bits per heavy atom. The highest BCUT2D eigenvalue weighted by molar-refractivity contribution is 5.84. The van der Waals surface area contributed by atoms with Crippen LogP contribution in [0.4, 0.5) is 14.5 Å². The normalized spacial score (nSPS) is 15.2. The lowest BCUT2D eigenvalue weighted by Gasteiger charge is -2.36. The molecule has 214 valence electrons. The Hall–Kier alpha value is -4.08. The summed E-state index contributed by atoms with van der Waals surface area (Å²) < 4.78 is 38.8. The number of piperazine rings is 1. The minimum atomic E-state index is -0.179. The van der Waals surface area contributed by atoms with Crippen molar-refractivity contribution in [2.75, 3.05) is 57.4 Å². The largest absolute Gasteiger partial charge is 0.486 e. The number of halogens is 2. The molecule has 2 aliphatic rings. The van der Waals surface area contributed by atoms with E-state index in [1.54, 1.807) is 12.1 Å². The fourth-order valence-corrected chi connectivity index (χ4v) is 5.70. The van der Waals surface area contributed by atoms with E-state index in [1.165, 1.54) is 17.8 Å². The Morgan fingerprint density at radius 3 is 1.98 bits per heavy atom. The van der Waals surface area contributed by atoms with Crippen molar-refractivity contribution in [1.29, 1.82) is 0 Å². The van der Waals surface area contributed by atoms with Gasteiger partial charge in [-0.25, -0.2) is 8.78 Å². The first-order valence-electron chi connectivity index (χ1n) is 14.2. The quantitative estimate of drug-likeness (QED) is 0.265. The number of ether oxygens (including phenoxy) is 2. The zero-order valence-electron chi connectivity index (χ0n) is 23.0. The predicted octanol–water partition coefficient (Wildman–Crippen LogP) is 5.25. The van der Waals surface area contributed by atoms with Gasteiger partial charge < -0.3 is 30.1 Å². The van der Waals surface area contributed by atoms with Gasteiger partial charge in [-0.05, 0) is 66.9 Å². The van der Waals surface area contributed by atoms with Gasteiger partial charge in [0.25, 0.3) is 0 Å². The summed E-state index contributed by atoms with van der Waals surface area (Å²) in [5, 5.41) is 1.41. The molecule has 1 saturated heterocycles. The number of nitrogens with two attached hydrogens (primary N) is 1. The van der Waals surface area contributed by atoms with Crippen LogP contribution in [0.15, 0.2) is 67.0 Å². The van der Waals surface area contributed by atoms with Crippen LogP contribution in [0.1, 0.15) is 11.1 Å². The van der Waals surface area contributed by atoms with E-state index in [1.807, 2.05) is 30.6 Å². The molecule has 9 heteroatoms. The standard InChI is InChI=1S/C22H24FN3O2.C10H11FN2/c23-18-2-1-3-19-22(18)16(15-24-19)6-7-25-8-10-26(11-9-25)17-4-5-20-21(14-17)28-13-12-27-20;11-8-2-1-3-9-10(8)7(4-5-12)6-13-9/h1-5,14-15,24H,6-13H2;1-3,6,13H,4-5,12H2. The second kappa shape index (κ2) is 12.2. The van der Waals surface area contributed by atoms with Crippen LogP contribution in [-0.4, -0.2) is 67.4 Å². The molecule has 0 radical (unpaired) electrons. The van der Waals surface area contributed by atoms with Gasteiger partial charge in [-0.15, -0.1) is 0 Å². The average Bonchev–Trinajstić information content (AvgIpc) is 3.62. The van der Waals surface area contributed by atoms with Gasteiger partial charge in [-0.3, -0.25) is 4.90 Å². The molecule has 41 heavy (non-hydrogen) atoms. The summed E-state index contributed by atoms with van der Waals surface area (Å²) >= 11 is 0. The van der Waals surface area contributed by atoms with Crippen LogP contribution in [-0.2, 0) is 12.8 Å². The first-order valence-corrected chi connectivity index (χ1v) is 14.2. The van der Waals surface area contributed by atoms with E-state index in [4.69, 9.17) is 15.2 Å². The second-order valence-electron chi connectivity index (χ2n) is 10.4. The minimum absolute atomic E-state index is 0.142. The number of nitrogens with one attached hydrogen (secondary N) is 2. The van der Waals surface area contributed by atoms with Crippen LogP contribution < -0.4 is 20.1 Å². The van der Waals surface area contributed by atoms with Gasteiger partial charge in [0.1, 0.15) is 24.8 Å². The zero-order chi connectivity index (χ0) is 28.2. The van der Waals surface area contributed by atoms with Gasteiger partial charge in [0, 0.05) is 78.7 Å². The molecule has 7 rings (SSSR count). The summed E-state index contributed by atoms with van der Waals surface area (Å²) in [4.78, 5) is 11.0. The molecule has 4 heterocycles. The molecule has 0 saturated carbocycles. The Kier molecular flexibility index (Phi) is 8.07. The number of aromatic nitrogens is 2. The molecule has 0 unspecified atom stereocenters. The van der Waals surface area contributed by atoms with E-state index in [-0.39, 0.29) is 11.6 Å². The summed E-state index contributed by atoms with van der Waals surface area (Å²) in [6.07, 6.45) is 5.33. The molecule has 0 aliphatic carbocycles. The maximum Gasteiger partial charge on any atom is 0.163 e. The summed E-state index contributed by atoms with van der Waals surface area (Å²) in [6, 6.07) is 16.4. The fraction of sp³-hybridized carbons (Fsp3) is 0.312. The molecular weight excluding hydrogens is 524 g/mol. The van der Waals surface area contributed by atoms with Crippen molar-refractivity contribution >= 4 is 27.5 Å².